The molecule has 202 valence electrons. The van der Waals surface area contributed by atoms with E-state index in [9.17, 15) is 14.7 Å². The van der Waals surface area contributed by atoms with Crippen molar-refractivity contribution < 1.29 is 24.1 Å². The van der Waals surface area contributed by atoms with Crippen LogP contribution in [0.5, 0.6) is 5.75 Å². The maximum absolute atomic E-state index is 12.2. The molecule has 0 spiro atoms. The number of imidazole rings is 1. The van der Waals surface area contributed by atoms with Crippen LogP contribution in [0.25, 0.3) is 22.4 Å². The summed E-state index contributed by atoms with van der Waals surface area (Å²) in [5.41, 5.74) is 3.10. The van der Waals surface area contributed by atoms with Gasteiger partial charge in [0.25, 0.3) is 5.56 Å². The van der Waals surface area contributed by atoms with Crippen LogP contribution in [0, 0.1) is 6.92 Å². The Hall–Kier alpha value is -3.21. The van der Waals surface area contributed by atoms with E-state index in [0.29, 0.717) is 24.5 Å². The number of carbonyl (C=O) groups is 1. The number of pyridine rings is 1. The summed E-state index contributed by atoms with van der Waals surface area (Å²) in [6.07, 6.45) is 0.623. The summed E-state index contributed by atoms with van der Waals surface area (Å²) in [5.74, 6) is 0.865. The molecule has 0 radical (unpaired) electrons. The number of hydrogen-bond donors (Lipinski definition) is 2. The summed E-state index contributed by atoms with van der Waals surface area (Å²) >= 11 is 0. The van der Waals surface area contributed by atoms with E-state index in [1.165, 1.54) is 0 Å². The van der Waals surface area contributed by atoms with Crippen LogP contribution < -0.4 is 15.6 Å². The minimum atomic E-state index is -0.903. The van der Waals surface area contributed by atoms with Gasteiger partial charge in [0.2, 0.25) is 0 Å². The van der Waals surface area contributed by atoms with Crippen molar-refractivity contribution in [3.8, 4) is 17.1 Å². The number of rotatable bonds is 12. The van der Waals surface area contributed by atoms with Crippen LogP contribution in [0.2, 0.25) is 0 Å². The minimum absolute atomic E-state index is 0.00140. The second-order valence-corrected chi connectivity index (χ2v) is 9.59. The van der Waals surface area contributed by atoms with Crippen molar-refractivity contribution in [3.63, 3.8) is 0 Å². The molecular formula is C27H38N4O6. The average Bonchev–Trinajstić information content (AvgIpc) is 3.20. The molecule has 0 amide bonds. The van der Waals surface area contributed by atoms with Gasteiger partial charge in [0.05, 0.1) is 35.9 Å². The first-order chi connectivity index (χ1) is 17.5. The highest BCUT2D eigenvalue weighted by Crippen LogP contribution is 2.30. The standard InChI is InChI=1S/C27H38N4O6/c1-16(2)37-27(34)24(19(5)32)28-10-11-36-21-8-9-23-22(13-21)29-25(31(23)18(4)15-35-7)20-12-17(3)26(33)30(6)14-20/h8-9,12-14,16,18-19,24,28,32H,10-11,15H2,1-7H3/t18?,19-,24+/m1/s1. The molecule has 3 rings (SSSR count). The maximum atomic E-state index is 12.2. The molecule has 0 saturated carbocycles. The number of aliphatic hydroxyl groups is 1. The highest BCUT2D eigenvalue weighted by atomic mass is 16.5. The van der Waals surface area contributed by atoms with E-state index in [4.69, 9.17) is 19.2 Å². The molecule has 2 heterocycles. The molecule has 1 aromatic carbocycles. The predicted molar refractivity (Wildman–Crippen MR) is 142 cm³/mol. The van der Waals surface area contributed by atoms with Gasteiger partial charge in [-0.3, -0.25) is 14.9 Å². The van der Waals surface area contributed by atoms with E-state index in [0.717, 1.165) is 22.4 Å². The van der Waals surface area contributed by atoms with E-state index in [1.54, 1.807) is 52.6 Å². The highest BCUT2D eigenvalue weighted by molar-refractivity contribution is 5.82. The van der Waals surface area contributed by atoms with Crippen LogP contribution in [0.4, 0.5) is 0 Å². The lowest BCUT2D eigenvalue weighted by Crippen LogP contribution is -2.47. The van der Waals surface area contributed by atoms with Gasteiger partial charge in [-0.05, 0) is 52.8 Å². The van der Waals surface area contributed by atoms with Crippen molar-refractivity contribution >= 4 is 17.0 Å². The van der Waals surface area contributed by atoms with Crippen molar-refractivity contribution in [1.29, 1.82) is 0 Å². The predicted octanol–water partition coefficient (Wildman–Crippen LogP) is 2.59. The Kier molecular flexibility index (Phi) is 9.47. The van der Waals surface area contributed by atoms with Gasteiger partial charge >= 0.3 is 5.97 Å². The molecular weight excluding hydrogens is 476 g/mol. The van der Waals surface area contributed by atoms with E-state index < -0.39 is 18.1 Å². The number of benzene rings is 1. The Morgan fingerprint density at radius 3 is 2.54 bits per heavy atom. The van der Waals surface area contributed by atoms with Crippen LogP contribution in [0.1, 0.15) is 39.3 Å². The van der Waals surface area contributed by atoms with E-state index in [2.05, 4.69) is 16.8 Å². The molecule has 0 aliphatic carbocycles. The third-order valence-electron chi connectivity index (χ3n) is 5.95. The zero-order valence-corrected chi connectivity index (χ0v) is 22.6. The van der Waals surface area contributed by atoms with Crippen LogP contribution in [-0.2, 0) is 21.3 Å². The number of hydrogen-bond acceptors (Lipinski definition) is 8. The lowest BCUT2D eigenvalue weighted by Gasteiger charge is -2.21. The second kappa shape index (κ2) is 12.4. The third-order valence-corrected chi connectivity index (χ3v) is 5.95. The zero-order valence-electron chi connectivity index (χ0n) is 22.6. The average molecular weight is 515 g/mol. The summed E-state index contributed by atoms with van der Waals surface area (Å²) in [5, 5.41) is 12.9. The molecule has 2 aromatic heterocycles. The Labute approximate surface area is 217 Å². The number of methoxy groups -OCH3 is 1. The largest absolute Gasteiger partial charge is 0.492 e. The molecule has 10 nitrogen and oxygen atoms in total. The lowest BCUT2D eigenvalue weighted by atomic mass is 10.2. The Balaban J connectivity index is 1.82. The summed E-state index contributed by atoms with van der Waals surface area (Å²) in [4.78, 5) is 29.3. The fourth-order valence-electron chi connectivity index (χ4n) is 4.27. The monoisotopic (exact) mass is 514 g/mol. The Bertz CT molecular complexity index is 1250. The molecule has 0 saturated heterocycles. The topological polar surface area (TPSA) is 117 Å². The fourth-order valence-corrected chi connectivity index (χ4v) is 4.27. The van der Waals surface area contributed by atoms with Gasteiger partial charge in [-0.25, -0.2) is 4.98 Å². The van der Waals surface area contributed by atoms with Gasteiger partial charge in [-0.2, -0.15) is 0 Å². The Morgan fingerprint density at radius 2 is 1.92 bits per heavy atom. The number of esters is 1. The summed E-state index contributed by atoms with van der Waals surface area (Å²) in [6, 6.07) is 6.71. The minimum Gasteiger partial charge on any atom is -0.492 e. The number of aryl methyl sites for hydroxylation is 2. The van der Waals surface area contributed by atoms with Crippen LogP contribution in [0.15, 0.2) is 35.3 Å². The first kappa shape index (κ1) is 28.4. The van der Waals surface area contributed by atoms with E-state index in [1.807, 2.05) is 24.3 Å². The van der Waals surface area contributed by atoms with Crippen molar-refractivity contribution in [2.75, 3.05) is 26.9 Å². The Morgan fingerprint density at radius 1 is 1.19 bits per heavy atom. The molecule has 0 bridgehead atoms. The molecule has 0 fully saturated rings. The number of ether oxygens (including phenoxy) is 3. The highest BCUT2D eigenvalue weighted by Gasteiger charge is 2.25. The molecule has 0 aliphatic heterocycles. The SMILES string of the molecule is COCC(C)n1c(-c2cc(C)c(=O)n(C)c2)nc2cc(OCCN[C@H](C(=O)OC(C)C)[C@@H](C)O)ccc21. The third kappa shape index (κ3) is 6.76. The number of fused-ring (bicyclic) bond motifs is 1. The second-order valence-electron chi connectivity index (χ2n) is 9.59. The molecule has 3 aromatic rings. The molecule has 3 atom stereocenters. The number of aromatic nitrogens is 3. The number of nitrogens with zero attached hydrogens (tertiary/aromatic N) is 3. The normalized spacial score (nSPS) is 14.1. The van der Waals surface area contributed by atoms with Crippen LogP contribution in [-0.4, -0.2) is 70.3 Å². The van der Waals surface area contributed by atoms with Crippen molar-refractivity contribution in [2.45, 2.75) is 58.9 Å². The zero-order chi connectivity index (χ0) is 27.3. The smallest absolute Gasteiger partial charge is 0.326 e. The maximum Gasteiger partial charge on any atom is 0.326 e. The van der Waals surface area contributed by atoms with Gasteiger partial charge in [0.15, 0.2) is 0 Å². The van der Waals surface area contributed by atoms with Gasteiger partial charge in [-0.15, -0.1) is 0 Å². The first-order valence-electron chi connectivity index (χ1n) is 12.5. The van der Waals surface area contributed by atoms with Crippen LogP contribution >= 0.6 is 0 Å². The number of nitrogens with one attached hydrogen (secondary N) is 1. The summed E-state index contributed by atoms with van der Waals surface area (Å²) in [7, 11) is 3.39. The van der Waals surface area contributed by atoms with Gasteiger partial charge in [0, 0.05) is 44.1 Å². The molecule has 10 heteroatoms. The number of carbonyl (C=O) groups excluding carboxylic acids is 1. The quantitative estimate of drug-likeness (QED) is 0.280. The molecule has 1 unspecified atom stereocenters. The summed E-state index contributed by atoms with van der Waals surface area (Å²) in [6.45, 7) is 10.0. The van der Waals surface area contributed by atoms with Crippen molar-refractivity contribution in [3.05, 3.63) is 46.4 Å². The summed E-state index contributed by atoms with van der Waals surface area (Å²) < 4.78 is 20.2. The van der Waals surface area contributed by atoms with Gasteiger partial charge in [0.1, 0.15) is 24.2 Å². The van der Waals surface area contributed by atoms with E-state index >= 15 is 0 Å². The molecule has 2 N–H and O–H groups in total. The molecule has 37 heavy (non-hydrogen) atoms. The fraction of sp³-hybridized carbons (Fsp3) is 0.519. The number of aliphatic hydroxyl groups excluding tert-OH is 1. The van der Waals surface area contributed by atoms with E-state index in [-0.39, 0.29) is 24.3 Å². The lowest BCUT2D eigenvalue weighted by molar-refractivity contribution is -0.152. The molecule has 0 aliphatic rings. The van der Waals surface area contributed by atoms with Crippen molar-refractivity contribution in [1.82, 2.24) is 19.4 Å². The van der Waals surface area contributed by atoms with Gasteiger partial charge < -0.3 is 28.5 Å². The van der Waals surface area contributed by atoms with Gasteiger partial charge in [-0.1, -0.05) is 0 Å². The first-order valence-corrected chi connectivity index (χ1v) is 12.5. The van der Waals surface area contributed by atoms with Crippen molar-refractivity contribution in [2.24, 2.45) is 7.05 Å². The van der Waals surface area contributed by atoms with Crippen LogP contribution in [0.3, 0.4) is 0 Å².